The number of halogens is 2. The van der Waals surface area contributed by atoms with Crippen LogP contribution in [0.5, 0.6) is 5.75 Å². The lowest BCUT2D eigenvalue weighted by atomic mass is 10.2. The van der Waals surface area contributed by atoms with Crippen molar-refractivity contribution in [1.29, 1.82) is 0 Å². The van der Waals surface area contributed by atoms with Crippen LogP contribution in [0.3, 0.4) is 0 Å². The van der Waals surface area contributed by atoms with Crippen LogP contribution in [0.25, 0.3) is 0 Å². The molecular weight excluding hydrogens is 346 g/mol. The number of nitrogens with zero attached hydrogens (tertiary/aromatic N) is 1. The number of nitrogens with one attached hydrogen (secondary N) is 1. The van der Waals surface area contributed by atoms with E-state index in [2.05, 4.69) is 10.2 Å². The molecule has 1 aliphatic rings. The van der Waals surface area contributed by atoms with Gasteiger partial charge in [-0.2, -0.15) is 4.39 Å². The molecular formula is C18H20F2N2O4. The number of rotatable bonds is 6. The highest BCUT2D eigenvalue weighted by Crippen LogP contribution is 2.22. The minimum absolute atomic E-state index is 0.0358. The zero-order chi connectivity index (χ0) is 18.5. The number of methoxy groups -OCH3 is 1. The van der Waals surface area contributed by atoms with E-state index in [9.17, 15) is 13.6 Å². The molecule has 0 radical (unpaired) electrons. The van der Waals surface area contributed by atoms with Gasteiger partial charge in [0.25, 0.3) is 5.91 Å². The molecule has 1 fully saturated rings. The van der Waals surface area contributed by atoms with E-state index in [1.54, 1.807) is 6.07 Å². The average Bonchev–Trinajstić information content (AvgIpc) is 3.12. The third-order valence-electron chi connectivity index (χ3n) is 4.19. The molecule has 2 heterocycles. The summed E-state index contributed by atoms with van der Waals surface area (Å²) in [6.45, 7) is 3.43. The number of amides is 1. The number of hydrogen-bond acceptors (Lipinski definition) is 5. The SMILES string of the molecule is COc1ccc(CNC(=O)c2coc(CN3CCOCC3)c2)c(F)c1F. The fourth-order valence-corrected chi connectivity index (χ4v) is 2.71. The van der Waals surface area contributed by atoms with Gasteiger partial charge in [-0.25, -0.2) is 4.39 Å². The van der Waals surface area contributed by atoms with Gasteiger partial charge < -0.3 is 19.2 Å². The molecule has 1 aromatic carbocycles. The second kappa shape index (κ2) is 8.29. The lowest BCUT2D eigenvalue weighted by molar-refractivity contribution is 0.0313. The standard InChI is InChI=1S/C18H20F2N2O4/c1-24-15-3-2-12(16(19)17(15)20)9-21-18(23)13-8-14(26-11-13)10-22-4-6-25-7-5-22/h2-3,8,11H,4-7,9-10H2,1H3,(H,21,23). The van der Waals surface area contributed by atoms with E-state index in [4.69, 9.17) is 13.9 Å². The van der Waals surface area contributed by atoms with Gasteiger partial charge in [0.15, 0.2) is 11.6 Å². The smallest absolute Gasteiger partial charge is 0.254 e. The first-order valence-corrected chi connectivity index (χ1v) is 8.25. The van der Waals surface area contributed by atoms with Crippen LogP contribution in [-0.4, -0.2) is 44.2 Å². The van der Waals surface area contributed by atoms with Crippen molar-refractivity contribution in [2.75, 3.05) is 33.4 Å². The summed E-state index contributed by atoms with van der Waals surface area (Å²) in [5.41, 5.74) is 0.372. The van der Waals surface area contributed by atoms with Gasteiger partial charge in [-0.1, -0.05) is 6.07 Å². The van der Waals surface area contributed by atoms with Gasteiger partial charge in [0.05, 0.1) is 32.4 Å². The maximum absolute atomic E-state index is 13.9. The predicted octanol–water partition coefficient (Wildman–Crippen LogP) is 2.33. The Labute approximate surface area is 149 Å². The highest BCUT2D eigenvalue weighted by atomic mass is 19.2. The number of morpholine rings is 1. The minimum Gasteiger partial charge on any atom is -0.494 e. The van der Waals surface area contributed by atoms with Crippen molar-refractivity contribution in [3.8, 4) is 5.75 Å². The lowest BCUT2D eigenvalue weighted by Crippen LogP contribution is -2.35. The third kappa shape index (κ3) is 4.20. The summed E-state index contributed by atoms with van der Waals surface area (Å²) in [4.78, 5) is 14.4. The molecule has 0 aliphatic carbocycles. The summed E-state index contributed by atoms with van der Waals surface area (Å²) in [5, 5.41) is 2.56. The maximum Gasteiger partial charge on any atom is 0.254 e. The van der Waals surface area contributed by atoms with Gasteiger partial charge in [0.1, 0.15) is 12.0 Å². The molecule has 1 aliphatic heterocycles. The molecule has 26 heavy (non-hydrogen) atoms. The van der Waals surface area contributed by atoms with Gasteiger partial charge >= 0.3 is 0 Å². The van der Waals surface area contributed by atoms with E-state index in [-0.39, 0.29) is 17.9 Å². The first-order chi connectivity index (χ1) is 12.6. The maximum atomic E-state index is 13.9. The summed E-state index contributed by atoms with van der Waals surface area (Å²) in [7, 11) is 1.26. The van der Waals surface area contributed by atoms with Gasteiger partial charge in [-0.15, -0.1) is 0 Å². The van der Waals surface area contributed by atoms with E-state index in [0.717, 1.165) is 13.1 Å². The molecule has 0 atom stereocenters. The Kier molecular flexibility index (Phi) is 5.85. The Morgan fingerprint density at radius 1 is 1.27 bits per heavy atom. The van der Waals surface area contributed by atoms with Gasteiger partial charge in [-0.05, 0) is 12.1 Å². The summed E-state index contributed by atoms with van der Waals surface area (Å²) < 4.78 is 43.0. The van der Waals surface area contributed by atoms with Crippen molar-refractivity contribution in [2.24, 2.45) is 0 Å². The minimum atomic E-state index is -1.07. The Morgan fingerprint density at radius 2 is 2.04 bits per heavy atom. The quantitative estimate of drug-likeness (QED) is 0.850. The normalized spacial score (nSPS) is 15.0. The van der Waals surface area contributed by atoms with Gasteiger partial charge in [0.2, 0.25) is 5.82 Å². The summed E-state index contributed by atoms with van der Waals surface area (Å²) >= 11 is 0. The van der Waals surface area contributed by atoms with Crippen LogP contribution in [0.4, 0.5) is 8.78 Å². The van der Waals surface area contributed by atoms with Crippen LogP contribution in [0, 0.1) is 11.6 Å². The van der Waals surface area contributed by atoms with E-state index in [1.165, 1.54) is 25.5 Å². The molecule has 2 aromatic rings. The highest BCUT2D eigenvalue weighted by molar-refractivity contribution is 5.93. The van der Waals surface area contributed by atoms with Crippen LogP contribution >= 0.6 is 0 Å². The summed E-state index contributed by atoms with van der Waals surface area (Å²) in [6.07, 6.45) is 1.36. The second-order valence-corrected chi connectivity index (χ2v) is 5.93. The average molecular weight is 366 g/mol. The molecule has 0 bridgehead atoms. The summed E-state index contributed by atoms with van der Waals surface area (Å²) in [6, 6.07) is 4.34. The molecule has 1 amide bonds. The first kappa shape index (κ1) is 18.3. The monoisotopic (exact) mass is 366 g/mol. The van der Waals surface area contributed by atoms with Crippen LogP contribution in [0.1, 0.15) is 21.7 Å². The Balaban J connectivity index is 1.58. The van der Waals surface area contributed by atoms with Crippen molar-refractivity contribution in [3.05, 3.63) is 53.0 Å². The zero-order valence-electron chi connectivity index (χ0n) is 14.4. The number of benzene rings is 1. The van der Waals surface area contributed by atoms with Crippen molar-refractivity contribution in [3.63, 3.8) is 0 Å². The molecule has 0 unspecified atom stereocenters. The molecule has 0 spiro atoms. The largest absolute Gasteiger partial charge is 0.494 e. The molecule has 1 N–H and O–H groups in total. The lowest BCUT2D eigenvalue weighted by Gasteiger charge is -2.25. The van der Waals surface area contributed by atoms with Crippen molar-refractivity contribution in [2.45, 2.75) is 13.1 Å². The van der Waals surface area contributed by atoms with E-state index >= 15 is 0 Å². The fourth-order valence-electron chi connectivity index (χ4n) is 2.71. The van der Waals surface area contributed by atoms with Gasteiger partial charge in [-0.3, -0.25) is 9.69 Å². The molecule has 140 valence electrons. The molecule has 8 heteroatoms. The molecule has 6 nitrogen and oxygen atoms in total. The van der Waals surface area contributed by atoms with Crippen molar-refractivity contribution < 1.29 is 27.5 Å². The first-order valence-electron chi connectivity index (χ1n) is 8.25. The van der Waals surface area contributed by atoms with Crippen molar-refractivity contribution >= 4 is 5.91 Å². The number of hydrogen-bond donors (Lipinski definition) is 1. The number of carbonyl (C=O) groups is 1. The Bertz CT molecular complexity index is 773. The van der Waals surface area contributed by atoms with E-state index in [0.29, 0.717) is 31.1 Å². The Morgan fingerprint density at radius 3 is 2.77 bits per heavy atom. The Hall–Kier alpha value is -2.45. The van der Waals surface area contributed by atoms with E-state index < -0.39 is 17.5 Å². The predicted molar refractivity (Wildman–Crippen MR) is 88.9 cm³/mol. The fraction of sp³-hybridized carbons (Fsp3) is 0.389. The topological polar surface area (TPSA) is 63.9 Å². The molecule has 1 aromatic heterocycles. The highest BCUT2D eigenvalue weighted by Gasteiger charge is 2.17. The van der Waals surface area contributed by atoms with Crippen LogP contribution in [-0.2, 0) is 17.8 Å². The third-order valence-corrected chi connectivity index (χ3v) is 4.19. The second-order valence-electron chi connectivity index (χ2n) is 5.93. The molecule has 0 saturated carbocycles. The summed E-state index contributed by atoms with van der Waals surface area (Å²) in [5.74, 6) is -2.04. The van der Waals surface area contributed by atoms with E-state index in [1.807, 2.05) is 0 Å². The van der Waals surface area contributed by atoms with Crippen molar-refractivity contribution in [1.82, 2.24) is 10.2 Å². The zero-order valence-corrected chi connectivity index (χ0v) is 14.4. The van der Waals surface area contributed by atoms with Gasteiger partial charge in [0, 0.05) is 25.2 Å². The number of furan rings is 1. The van der Waals surface area contributed by atoms with Crippen LogP contribution in [0.2, 0.25) is 0 Å². The van der Waals surface area contributed by atoms with Crippen LogP contribution < -0.4 is 10.1 Å². The molecule has 1 saturated heterocycles. The number of carbonyl (C=O) groups excluding carboxylic acids is 1. The molecule has 3 rings (SSSR count). The van der Waals surface area contributed by atoms with Crippen LogP contribution in [0.15, 0.2) is 28.9 Å². The number of ether oxygens (including phenoxy) is 2.